The van der Waals surface area contributed by atoms with Gasteiger partial charge in [-0.1, -0.05) is 6.07 Å². The van der Waals surface area contributed by atoms with Gasteiger partial charge in [0.25, 0.3) is 5.91 Å². The first-order valence-electron chi connectivity index (χ1n) is 7.83. The fraction of sp³-hybridized carbons (Fsp3) is 0.375. The van der Waals surface area contributed by atoms with Gasteiger partial charge >= 0.3 is 0 Å². The number of halogens is 1. The van der Waals surface area contributed by atoms with Crippen molar-refractivity contribution in [3.05, 3.63) is 47.3 Å². The highest BCUT2D eigenvalue weighted by Crippen LogP contribution is 2.08. The fourth-order valence-corrected chi connectivity index (χ4v) is 2.06. The van der Waals surface area contributed by atoms with Crippen molar-refractivity contribution < 1.29 is 9.18 Å². The molecular weight excluding hydrogens is 325 g/mol. The Labute approximate surface area is 145 Å². The number of amides is 1. The number of carbonyl (C=O) groups is 1. The number of rotatable bonds is 6. The Morgan fingerprint density at radius 1 is 1.28 bits per heavy atom. The van der Waals surface area contributed by atoms with Gasteiger partial charge in [0, 0.05) is 32.7 Å². The van der Waals surface area contributed by atoms with Crippen molar-refractivity contribution in [3.63, 3.8) is 0 Å². The van der Waals surface area contributed by atoms with Gasteiger partial charge in [-0.25, -0.2) is 9.37 Å². The number of carbonyl (C=O) groups excluding carboxylic acids is 1. The van der Waals surface area contributed by atoms with Crippen LogP contribution in [0.5, 0.6) is 0 Å². The standard InChI is InChI=1S/C16H22FN7O/c1-11-4-5-12(8-13(11)17)15(25)19-6-7-20-16(18-2)21-9-14-22-10-23-24(14)3/h4-5,8,10H,6-7,9H2,1-3H3,(H,19,25)(H2,18,20,21). The molecule has 2 aromatic rings. The zero-order valence-electron chi connectivity index (χ0n) is 14.5. The largest absolute Gasteiger partial charge is 0.355 e. The molecule has 1 aromatic carbocycles. The maximum Gasteiger partial charge on any atom is 0.251 e. The molecule has 0 fully saturated rings. The molecule has 2 rings (SSSR count). The molecule has 0 saturated heterocycles. The highest BCUT2D eigenvalue weighted by molar-refractivity contribution is 5.94. The van der Waals surface area contributed by atoms with Crippen LogP contribution >= 0.6 is 0 Å². The SMILES string of the molecule is CN=C(NCCNC(=O)c1ccc(C)c(F)c1)NCc1ncnn1C. The van der Waals surface area contributed by atoms with E-state index in [4.69, 9.17) is 0 Å². The zero-order valence-corrected chi connectivity index (χ0v) is 14.5. The normalized spacial score (nSPS) is 11.3. The summed E-state index contributed by atoms with van der Waals surface area (Å²) >= 11 is 0. The molecule has 0 aliphatic rings. The third-order valence-corrected chi connectivity index (χ3v) is 3.58. The van der Waals surface area contributed by atoms with Crippen LogP contribution in [0, 0.1) is 12.7 Å². The number of aliphatic imine (C=N–C) groups is 1. The monoisotopic (exact) mass is 347 g/mol. The molecule has 0 bridgehead atoms. The Bertz CT molecular complexity index is 757. The van der Waals surface area contributed by atoms with Gasteiger partial charge in [0.1, 0.15) is 18.0 Å². The lowest BCUT2D eigenvalue weighted by Crippen LogP contribution is -2.41. The van der Waals surface area contributed by atoms with E-state index in [1.54, 1.807) is 30.8 Å². The first kappa shape index (κ1) is 18.4. The molecule has 0 radical (unpaired) electrons. The van der Waals surface area contributed by atoms with E-state index in [0.29, 0.717) is 36.7 Å². The number of benzene rings is 1. The third-order valence-electron chi connectivity index (χ3n) is 3.58. The first-order valence-corrected chi connectivity index (χ1v) is 7.83. The van der Waals surface area contributed by atoms with E-state index in [1.165, 1.54) is 12.4 Å². The van der Waals surface area contributed by atoms with Crippen LogP contribution in [0.2, 0.25) is 0 Å². The molecular formula is C16H22FN7O. The predicted molar refractivity (Wildman–Crippen MR) is 92.7 cm³/mol. The van der Waals surface area contributed by atoms with E-state index in [2.05, 4.69) is 31.0 Å². The fourth-order valence-electron chi connectivity index (χ4n) is 2.06. The lowest BCUT2D eigenvalue weighted by Gasteiger charge is -2.12. The Hall–Kier alpha value is -2.97. The molecule has 0 atom stereocenters. The Morgan fingerprint density at radius 2 is 2.04 bits per heavy atom. The second-order valence-electron chi connectivity index (χ2n) is 5.37. The van der Waals surface area contributed by atoms with Crippen LogP contribution in [0.15, 0.2) is 29.5 Å². The number of hydrogen-bond donors (Lipinski definition) is 3. The van der Waals surface area contributed by atoms with E-state index in [1.807, 2.05) is 7.05 Å². The van der Waals surface area contributed by atoms with Crippen LogP contribution in [0.3, 0.4) is 0 Å². The van der Waals surface area contributed by atoms with Gasteiger partial charge in [-0.2, -0.15) is 5.10 Å². The van der Waals surface area contributed by atoms with Crippen LogP contribution in [0.4, 0.5) is 4.39 Å². The average Bonchev–Trinajstić information content (AvgIpc) is 3.01. The lowest BCUT2D eigenvalue weighted by atomic mass is 10.1. The van der Waals surface area contributed by atoms with Gasteiger partial charge in [-0.05, 0) is 24.6 Å². The number of guanidine groups is 1. The molecule has 8 nitrogen and oxygen atoms in total. The summed E-state index contributed by atoms with van der Waals surface area (Å²) in [5.41, 5.74) is 0.809. The van der Waals surface area contributed by atoms with Crippen molar-refractivity contribution in [1.29, 1.82) is 0 Å². The Balaban J connectivity index is 1.72. The molecule has 0 spiro atoms. The molecule has 1 amide bonds. The van der Waals surface area contributed by atoms with Crippen LogP contribution in [0.1, 0.15) is 21.7 Å². The van der Waals surface area contributed by atoms with E-state index < -0.39 is 0 Å². The van der Waals surface area contributed by atoms with Crippen molar-refractivity contribution in [2.24, 2.45) is 12.0 Å². The molecule has 134 valence electrons. The van der Waals surface area contributed by atoms with Crippen molar-refractivity contribution in [2.75, 3.05) is 20.1 Å². The van der Waals surface area contributed by atoms with E-state index >= 15 is 0 Å². The molecule has 0 aliphatic heterocycles. The van der Waals surface area contributed by atoms with Gasteiger partial charge in [0.05, 0.1) is 6.54 Å². The van der Waals surface area contributed by atoms with Crippen molar-refractivity contribution in [3.8, 4) is 0 Å². The highest BCUT2D eigenvalue weighted by atomic mass is 19.1. The van der Waals surface area contributed by atoms with Gasteiger partial charge in [0.15, 0.2) is 5.96 Å². The van der Waals surface area contributed by atoms with Gasteiger partial charge in [-0.15, -0.1) is 0 Å². The van der Waals surface area contributed by atoms with E-state index in [9.17, 15) is 9.18 Å². The molecule has 1 heterocycles. The molecule has 0 aliphatic carbocycles. The smallest absolute Gasteiger partial charge is 0.251 e. The summed E-state index contributed by atoms with van der Waals surface area (Å²) in [6.07, 6.45) is 1.48. The quantitative estimate of drug-likeness (QED) is 0.398. The molecule has 9 heteroatoms. The minimum absolute atomic E-state index is 0.299. The summed E-state index contributed by atoms with van der Waals surface area (Å²) < 4.78 is 15.1. The maximum absolute atomic E-state index is 13.5. The molecule has 0 unspecified atom stereocenters. The van der Waals surface area contributed by atoms with Gasteiger partial charge in [0.2, 0.25) is 0 Å². The summed E-state index contributed by atoms with van der Waals surface area (Å²) in [4.78, 5) is 20.2. The number of hydrogen-bond acceptors (Lipinski definition) is 4. The number of aromatic nitrogens is 3. The topological polar surface area (TPSA) is 96.2 Å². The molecule has 25 heavy (non-hydrogen) atoms. The predicted octanol–water partition coefficient (Wildman–Crippen LogP) is 0.358. The minimum atomic E-state index is -0.390. The Morgan fingerprint density at radius 3 is 2.68 bits per heavy atom. The summed E-state index contributed by atoms with van der Waals surface area (Å²) in [5, 5.41) is 12.9. The molecule has 0 saturated carbocycles. The van der Waals surface area contributed by atoms with Crippen LogP contribution in [-0.4, -0.2) is 46.8 Å². The minimum Gasteiger partial charge on any atom is -0.355 e. The highest BCUT2D eigenvalue weighted by Gasteiger charge is 2.08. The van der Waals surface area contributed by atoms with Crippen molar-refractivity contribution in [1.82, 2.24) is 30.7 Å². The molecule has 1 aromatic heterocycles. The lowest BCUT2D eigenvalue weighted by molar-refractivity contribution is 0.0954. The van der Waals surface area contributed by atoms with E-state index in [-0.39, 0.29) is 11.7 Å². The van der Waals surface area contributed by atoms with Crippen LogP contribution < -0.4 is 16.0 Å². The summed E-state index contributed by atoms with van der Waals surface area (Å²) in [7, 11) is 3.46. The van der Waals surface area contributed by atoms with Crippen LogP contribution in [-0.2, 0) is 13.6 Å². The van der Waals surface area contributed by atoms with E-state index in [0.717, 1.165) is 5.82 Å². The van der Waals surface area contributed by atoms with Crippen molar-refractivity contribution >= 4 is 11.9 Å². The van der Waals surface area contributed by atoms with Gasteiger partial charge < -0.3 is 16.0 Å². The van der Waals surface area contributed by atoms with Gasteiger partial charge in [-0.3, -0.25) is 14.5 Å². The zero-order chi connectivity index (χ0) is 18.2. The second kappa shape index (κ2) is 8.76. The third kappa shape index (κ3) is 5.27. The number of nitrogens with one attached hydrogen (secondary N) is 3. The molecule has 3 N–H and O–H groups in total. The second-order valence-corrected chi connectivity index (χ2v) is 5.37. The van der Waals surface area contributed by atoms with Crippen molar-refractivity contribution in [2.45, 2.75) is 13.5 Å². The van der Waals surface area contributed by atoms with Crippen LogP contribution in [0.25, 0.3) is 0 Å². The number of nitrogens with zero attached hydrogens (tertiary/aromatic N) is 4. The Kier molecular flexibility index (Phi) is 6.44. The summed E-state index contributed by atoms with van der Waals surface area (Å²) in [5.74, 6) is 0.651. The summed E-state index contributed by atoms with van der Waals surface area (Å²) in [6, 6.07) is 4.42. The summed E-state index contributed by atoms with van der Waals surface area (Å²) in [6.45, 7) is 2.98. The maximum atomic E-state index is 13.5. The average molecular weight is 347 g/mol. The first-order chi connectivity index (χ1) is 12.0. The number of aryl methyl sites for hydroxylation is 2.